The molecule has 1 N–H and O–H groups in total. The van der Waals surface area contributed by atoms with E-state index in [2.05, 4.69) is 15.8 Å². The summed E-state index contributed by atoms with van der Waals surface area (Å²) in [6.45, 7) is 1.68. The Morgan fingerprint density at radius 1 is 1.40 bits per heavy atom. The summed E-state index contributed by atoms with van der Waals surface area (Å²) < 4.78 is 9.74. The van der Waals surface area contributed by atoms with Crippen molar-refractivity contribution in [3.8, 4) is 0 Å². The molecular formula is C11H12N2OS. The van der Waals surface area contributed by atoms with Gasteiger partial charge in [-0.2, -0.15) is 4.37 Å². The van der Waals surface area contributed by atoms with E-state index >= 15 is 0 Å². The Balaban J connectivity index is 1.90. The van der Waals surface area contributed by atoms with E-state index in [-0.39, 0.29) is 0 Å². The molecule has 0 radical (unpaired) electrons. The van der Waals surface area contributed by atoms with Crippen molar-refractivity contribution in [1.29, 1.82) is 0 Å². The second-order valence-electron chi connectivity index (χ2n) is 3.73. The van der Waals surface area contributed by atoms with Crippen LogP contribution in [-0.4, -0.2) is 23.6 Å². The van der Waals surface area contributed by atoms with Crippen molar-refractivity contribution in [3.63, 3.8) is 0 Å². The fourth-order valence-electron chi connectivity index (χ4n) is 1.83. The molecule has 1 unspecified atom stereocenters. The third-order valence-corrected chi connectivity index (χ3v) is 3.46. The zero-order valence-corrected chi connectivity index (χ0v) is 9.09. The zero-order chi connectivity index (χ0) is 10.1. The van der Waals surface area contributed by atoms with Crippen molar-refractivity contribution in [1.82, 2.24) is 4.37 Å². The van der Waals surface area contributed by atoms with E-state index in [4.69, 9.17) is 4.74 Å². The number of aromatic nitrogens is 1. The summed E-state index contributed by atoms with van der Waals surface area (Å²) in [5, 5.41) is 5.88. The van der Waals surface area contributed by atoms with Crippen LogP contribution in [0.3, 0.4) is 0 Å². The van der Waals surface area contributed by atoms with Gasteiger partial charge < -0.3 is 10.1 Å². The van der Waals surface area contributed by atoms with Gasteiger partial charge in [0, 0.05) is 12.0 Å². The number of ether oxygens (including phenoxy) is 1. The van der Waals surface area contributed by atoms with Gasteiger partial charge in [0.2, 0.25) is 0 Å². The highest BCUT2D eigenvalue weighted by Crippen LogP contribution is 2.28. The van der Waals surface area contributed by atoms with Crippen molar-refractivity contribution >= 4 is 27.4 Å². The number of hydrogen-bond acceptors (Lipinski definition) is 4. The summed E-state index contributed by atoms with van der Waals surface area (Å²) in [6.07, 6.45) is 1.09. The van der Waals surface area contributed by atoms with E-state index in [1.165, 1.54) is 21.9 Å². The van der Waals surface area contributed by atoms with Crippen molar-refractivity contribution in [2.24, 2.45) is 0 Å². The van der Waals surface area contributed by atoms with Crippen LogP contribution in [0.15, 0.2) is 24.3 Å². The maximum absolute atomic E-state index is 5.34. The lowest BCUT2D eigenvalue weighted by Crippen LogP contribution is -2.18. The minimum Gasteiger partial charge on any atom is -0.379 e. The van der Waals surface area contributed by atoms with Crippen molar-refractivity contribution in [3.05, 3.63) is 24.3 Å². The van der Waals surface area contributed by atoms with Gasteiger partial charge >= 0.3 is 0 Å². The van der Waals surface area contributed by atoms with Crippen LogP contribution in [0, 0.1) is 0 Å². The first-order valence-electron chi connectivity index (χ1n) is 5.12. The molecule has 78 valence electrons. The molecule has 3 rings (SSSR count). The highest BCUT2D eigenvalue weighted by atomic mass is 32.1. The molecule has 4 heteroatoms. The smallest absolute Gasteiger partial charge is 0.117 e. The van der Waals surface area contributed by atoms with Gasteiger partial charge in [-0.1, -0.05) is 12.1 Å². The standard InChI is InChI=1S/C11H12N2OS/c1-2-4-10-9(3-1)11(15-13-10)12-8-5-6-14-7-8/h1-4,8,12H,5-7H2. The van der Waals surface area contributed by atoms with Gasteiger partial charge in [-0.05, 0) is 30.1 Å². The van der Waals surface area contributed by atoms with E-state index in [1.54, 1.807) is 0 Å². The van der Waals surface area contributed by atoms with E-state index in [1.807, 2.05) is 18.2 Å². The third-order valence-electron chi connectivity index (χ3n) is 2.65. The average molecular weight is 220 g/mol. The molecule has 1 aromatic heterocycles. The molecule has 0 aliphatic carbocycles. The maximum Gasteiger partial charge on any atom is 0.117 e. The van der Waals surface area contributed by atoms with Gasteiger partial charge in [-0.15, -0.1) is 0 Å². The second-order valence-corrected chi connectivity index (χ2v) is 4.51. The first kappa shape index (κ1) is 9.12. The number of benzene rings is 1. The molecule has 0 bridgehead atoms. The lowest BCUT2D eigenvalue weighted by Gasteiger charge is -2.09. The molecule has 1 saturated heterocycles. The van der Waals surface area contributed by atoms with E-state index in [0.717, 1.165) is 25.2 Å². The van der Waals surface area contributed by atoms with Gasteiger partial charge in [0.1, 0.15) is 5.00 Å². The Bertz CT molecular complexity index is 462. The monoisotopic (exact) mass is 220 g/mol. The molecule has 1 aliphatic heterocycles. The zero-order valence-electron chi connectivity index (χ0n) is 8.27. The van der Waals surface area contributed by atoms with Gasteiger partial charge in [0.05, 0.1) is 18.2 Å². The number of rotatable bonds is 2. The molecule has 2 heterocycles. The van der Waals surface area contributed by atoms with Crippen LogP contribution in [-0.2, 0) is 4.74 Å². The molecule has 3 nitrogen and oxygen atoms in total. The Labute approximate surface area is 92.2 Å². The topological polar surface area (TPSA) is 34.1 Å². The molecular weight excluding hydrogens is 208 g/mol. The quantitative estimate of drug-likeness (QED) is 0.844. The van der Waals surface area contributed by atoms with Crippen LogP contribution in [0.2, 0.25) is 0 Å². The largest absolute Gasteiger partial charge is 0.379 e. The summed E-state index contributed by atoms with van der Waals surface area (Å²) in [7, 11) is 0. The predicted octanol–water partition coefficient (Wildman–Crippen LogP) is 2.50. The van der Waals surface area contributed by atoms with Crippen LogP contribution in [0.25, 0.3) is 10.9 Å². The van der Waals surface area contributed by atoms with Gasteiger partial charge in [-0.3, -0.25) is 0 Å². The van der Waals surface area contributed by atoms with Crippen LogP contribution < -0.4 is 5.32 Å². The highest BCUT2D eigenvalue weighted by molar-refractivity contribution is 7.11. The summed E-state index contributed by atoms with van der Waals surface area (Å²) in [5.74, 6) is 0. The molecule has 1 aromatic carbocycles. The molecule has 15 heavy (non-hydrogen) atoms. The molecule has 0 saturated carbocycles. The van der Waals surface area contributed by atoms with E-state index in [9.17, 15) is 0 Å². The number of hydrogen-bond donors (Lipinski definition) is 1. The minimum absolute atomic E-state index is 0.453. The first-order chi connectivity index (χ1) is 7.43. The minimum atomic E-state index is 0.453. The lowest BCUT2D eigenvalue weighted by molar-refractivity contribution is 0.195. The van der Waals surface area contributed by atoms with Crippen molar-refractivity contribution < 1.29 is 4.74 Å². The summed E-state index contributed by atoms with van der Waals surface area (Å²) in [6, 6.07) is 8.67. The molecule has 1 atom stereocenters. The van der Waals surface area contributed by atoms with Crippen LogP contribution in [0.5, 0.6) is 0 Å². The average Bonchev–Trinajstić information content (AvgIpc) is 2.89. The molecule has 1 fully saturated rings. The molecule has 1 aliphatic rings. The van der Waals surface area contributed by atoms with Crippen LogP contribution >= 0.6 is 11.5 Å². The molecule has 0 amide bonds. The van der Waals surface area contributed by atoms with Crippen molar-refractivity contribution in [2.75, 3.05) is 18.5 Å². The number of fused-ring (bicyclic) bond motifs is 1. The summed E-state index contributed by atoms with van der Waals surface area (Å²) in [5.41, 5.74) is 1.07. The number of nitrogens with zero attached hydrogens (tertiary/aromatic N) is 1. The summed E-state index contributed by atoms with van der Waals surface area (Å²) in [4.78, 5) is 0. The van der Waals surface area contributed by atoms with Crippen LogP contribution in [0.4, 0.5) is 5.00 Å². The number of nitrogens with one attached hydrogen (secondary N) is 1. The Morgan fingerprint density at radius 2 is 2.33 bits per heavy atom. The highest BCUT2D eigenvalue weighted by Gasteiger charge is 2.17. The fraction of sp³-hybridized carbons (Fsp3) is 0.364. The SMILES string of the molecule is c1ccc2c(NC3CCOC3)snc2c1. The van der Waals surface area contributed by atoms with Gasteiger partial charge in [-0.25, -0.2) is 0 Å². The first-order valence-corrected chi connectivity index (χ1v) is 5.89. The Hall–Kier alpha value is -1.13. The Kier molecular flexibility index (Phi) is 2.31. The Morgan fingerprint density at radius 3 is 3.20 bits per heavy atom. The van der Waals surface area contributed by atoms with Gasteiger partial charge in [0.15, 0.2) is 0 Å². The van der Waals surface area contributed by atoms with Gasteiger partial charge in [0.25, 0.3) is 0 Å². The number of anilines is 1. The van der Waals surface area contributed by atoms with E-state index < -0.39 is 0 Å². The van der Waals surface area contributed by atoms with E-state index in [0.29, 0.717) is 6.04 Å². The predicted molar refractivity (Wildman–Crippen MR) is 62.5 cm³/mol. The fourth-order valence-corrected chi connectivity index (χ4v) is 2.67. The van der Waals surface area contributed by atoms with Crippen LogP contribution in [0.1, 0.15) is 6.42 Å². The summed E-state index contributed by atoms with van der Waals surface area (Å²) >= 11 is 1.53. The normalized spacial score (nSPS) is 20.9. The molecule has 2 aromatic rings. The second kappa shape index (κ2) is 3.79. The third kappa shape index (κ3) is 1.70. The molecule has 0 spiro atoms. The van der Waals surface area contributed by atoms with Crippen molar-refractivity contribution in [2.45, 2.75) is 12.5 Å². The maximum atomic E-state index is 5.34. The lowest BCUT2D eigenvalue weighted by atomic mass is 10.2.